The molecule has 2 nitrogen and oxygen atoms in total. The maximum absolute atomic E-state index is 12.2. The van der Waals surface area contributed by atoms with E-state index in [1.54, 1.807) is 11.3 Å². The molecule has 0 amide bonds. The van der Waals surface area contributed by atoms with Crippen molar-refractivity contribution in [3.05, 3.63) is 20.8 Å². The lowest BCUT2D eigenvalue weighted by Crippen LogP contribution is -2.38. The summed E-state index contributed by atoms with van der Waals surface area (Å²) in [5, 5.41) is 2.11. The van der Waals surface area contributed by atoms with Gasteiger partial charge in [-0.25, -0.2) is 0 Å². The minimum absolute atomic E-state index is 0.226. The first-order valence-corrected chi connectivity index (χ1v) is 8.57. The Balaban J connectivity index is 1.91. The van der Waals surface area contributed by atoms with Crippen LogP contribution < -0.4 is 0 Å². The van der Waals surface area contributed by atoms with Crippen LogP contribution in [0.5, 0.6) is 0 Å². The molecule has 2 rings (SSSR count). The number of ketones is 1. The molecule has 0 bridgehead atoms. The van der Waals surface area contributed by atoms with E-state index in [2.05, 4.69) is 53.2 Å². The van der Waals surface area contributed by atoms with Crippen LogP contribution in [-0.2, 0) is 11.3 Å². The molecule has 1 heterocycles. The second kappa shape index (κ2) is 6.51. The highest BCUT2D eigenvalue weighted by Gasteiger charge is 2.32. The Labute approximate surface area is 128 Å². The Morgan fingerprint density at radius 2 is 2.21 bits per heavy atom. The zero-order chi connectivity index (χ0) is 14.0. The smallest absolute Gasteiger partial charge is 0.137 e. The monoisotopic (exact) mass is 343 g/mol. The van der Waals surface area contributed by atoms with E-state index in [1.807, 2.05) is 0 Å². The summed E-state index contributed by atoms with van der Waals surface area (Å²) in [7, 11) is 2.12. The number of thiophene rings is 1. The second-order valence-corrected chi connectivity index (χ2v) is 7.93. The largest absolute Gasteiger partial charge is 0.301 e. The number of carbonyl (C=O) groups is 1. The van der Waals surface area contributed by atoms with Gasteiger partial charge in [0.25, 0.3) is 0 Å². The van der Waals surface area contributed by atoms with Crippen LogP contribution in [0, 0.1) is 17.8 Å². The third kappa shape index (κ3) is 4.14. The van der Waals surface area contributed by atoms with Gasteiger partial charge < -0.3 is 4.90 Å². The third-order valence-electron chi connectivity index (χ3n) is 3.98. The number of hydrogen-bond donors (Lipinski definition) is 0. The van der Waals surface area contributed by atoms with Gasteiger partial charge in [0, 0.05) is 40.2 Å². The molecule has 1 aliphatic carbocycles. The topological polar surface area (TPSA) is 20.3 Å². The normalized spacial score (nSPS) is 28.1. The third-order valence-corrected chi connectivity index (χ3v) is 5.66. The van der Waals surface area contributed by atoms with Crippen LogP contribution in [0.25, 0.3) is 0 Å². The van der Waals surface area contributed by atoms with Crippen molar-refractivity contribution in [1.82, 2.24) is 4.90 Å². The van der Waals surface area contributed by atoms with E-state index in [0.29, 0.717) is 17.6 Å². The molecule has 3 unspecified atom stereocenters. The van der Waals surface area contributed by atoms with Gasteiger partial charge in [-0.15, -0.1) is 11.3 Å². The number of halogens is 1. The average molecular weight is 344 g/mol. The van der Waals surface area contributed by atoms with Gasteiger partial charge in [-0.3, -0.25) is 4.79 Å². The molecule has 0 spiro atoms. The number of rotatable bonds is 4. The zero-order valence-corrected chi connectivity index (χ0v) is 14.3. The first-order chi connectivity index (χ1) is 8.95. The minimum Gasteiger partial charge on any atom is -0.301 e. The summed E-state index contributed by atoms with van der Waals surface area (Å²) in [5.41, 5.74) is 0. The van der Waals surface area contributed by atoms with Gasteiger partial charge in [0.1, 0.15) is 5.78 Å². The lowest BCUT2D eigenvalue weighted by atomic mass is 9.74. The molecular formula is C15H22BrNOS. The fourth-order valence-electron chi connectivity index (χ4n) is 3.08. The van der Waals surface area contributed by atoms with Crippen molar-refractivity contribution in [2.45, 2.75) is 33.2 Å². The van der Waals surface area contributed by atoms with E-state index in [1.165, 1.54) is 11.3 Å². The van der Waals surface area contributed by atoms with E-state index in [0.717, 1.165) is 24.0 Å². The molecule has 19 heavy (non-hydrogen) atoms. The van der Waals surface area contributed by atoms with Gasteiger partial charge in [0.15, 0.2) is 0 Å². The molecule has 0 radical (unpaired) electrons. The molecule has 1 aromatic heterocycles. The Bertz CT molecular complexity index is 445. The van der Waals surface area contributed by atoms with Gasteiger partial charge >= 0.3 is 0 Å². The Morgan fingerprint density at radius 3 is 2.79 bits per heavy atom. The van der Waals surface area contributed by atoms with Gasteiger partial charge in [-0.1, -0.05) is 13.8 Å². The molecule has 0 aromatic carbocycles. The van der Waals surface area contributed by atoms with Crippen LogP contribution >= 0.6 is 27.3 Å². The maximum atomic E-state index is 12.2. The van der Waals surface area contributed by atoms with Crippen LogP contribution in [0.4, 0.5) is 0 Å². The summed E-state index contributed by atoms with van der Waals surface area (Å²) in [6.45, 7) is 6.25. The number of hydrogen-bond acceptors (Lipinski definition) is 3. The number of nitrogens with zero attached hydrogens (tertiary/aromatic N) is 1. The second-order valence-electron chi connectivity index (χ2n) is 6.02. The van der Waals surface area contributed by atoms with Crippen molar-refractivity contribution < 1.29 is 4.79 Å². The van der Waals surface area contributed by atoms with Crippen LogP contribution in [0.2, 0.25) is 0 Å². The zero-order valence-electron chi connectivity index (χ0n) is 11.9. The van der Waals surface area contributed by atoms with Crippen molar-refractivity contribution >= 4 is 33.0 Å². The maximum Gasteiger partial charge on any atom is 0.137 e. The van der Waals surface area contributed by atoms with Crippen molar-refractivity contribution in [3.8, 4) is 0 Å². The van der Waals surface area contributed by atoms with Crippen LogP contribution in [0.1, 0.15) is 31.6 Å². The summed E-state index contributed by atoms with van der Waals surface area (Å²) < 4.78 is 1.15. The average Bonchev–Trinajstić information content (AvgIpc) is 2.69. The van der Waals surface area contributed by atoms with Gasteiger partial charge in [-0.05, 0) is 47.3 Å². The van der Waals surface area contributed by atoms with Gasteiger partial charge in [0.2, 0.25) is 0 Å². The predicted molar refractivity (Wildman–Crippen MR) is 84.4 cm³/mol. The lowest BCUT2D eigenvalue weighted by molar-refractivity contribution is -0.128. The van der Waals surface area contributed by atoms with Crippen molar-refractivity contribution in [2.24, 2.45) is 17.8 Å². The first-order valence-electron chi connectivity index (χ1n) is 6.90. The van der Waals surface area contributed by atoms with E-state index in [9.17, 15) is 4.79 Å². The molecule has 0 saturated heterocycles. The fraction of sp³-hybridized carbons (Fsp3) is 0.667. The standard InChI is InChI=1S/C15H22BrNOS/c1-10-4-11(2)14(15(18)5-10)8-17(3)7-13-6-12(16)9-19-13/h6,9-11,14H,4-5,7-8H2,1-3H3. The van der Waals surface area contributed by atoms with Crippen molar-refractivity contribution in [1.29, 1.82) is 0 Å². The van der Waals surface area contributed by atoms with E-state index >= 15 is 0 Å². The summed E-state index contributed by atoms with van der Waals surface area (Å²) in [5.74, 6) is 1.78. The first kappa shape index (κ1) is 15.2. The van der Waals surface area contributed by atoms with Crippen LogP contribution in [0.3, 0.4) is 0 Å². The molecule has 1 aliphatic rings. The molecule has 106 valence electrons. The van der Waals surface area contributed by atoms with Crippen LogP contribution in [-0.4, -0.2) is 24.3 Å². The van der Waals surface area contributed by atoms with Gasteiger partial charge in [-0.2, -0.15) is 0 Å². The summed E-state index contributed by atoms with van der Waals surface area (Å²) in [4.78, 5) is 15.8. The Hall–Kier alpha value is -0.190. The quantitative estimate of drug-likeness (QED) is 0.816. The minimum atomic E-state index is 0.226. The van der Waals surface area contributed by atoms with Crippen molar-refractivity contribution in [3.63, 3.8) is 0 Å². The van der Waals surface area contributed by atoms with Gasteiger partial charge in [0.05, 0.1) is 0 Å². The number of Topliss-reactive ketones (excluding diaryl/α,β-unsaturated/α-hetero) is 1. The lowest BCUT2D eigenvalue weighted by Gasteiger charge is -2.33. The van der Waals surface area contributed by atoms with Crippen LogP contribution in [0.15, 0.2) is 15.9 Å². The fourth-order valence-corrected chi connectivity index (χ4v) is 4.61. The van der Waals surface area contributed by atoms with E-state index < -0.39 is 0 Å². The predicted octanol–water partition coefficient (Wildman–Crippen LogP) is 4.19. The Kier molecular flexibility index (Phi) is 5.21. The molecule has 3 atom stereocenters. The Morgan fingerprint density at radius 1 is 1.47 bits per heavy atom. The molecule has 1 aromatic rings. The molecule has 0 N–H and O–H groups in total. The summed E-state index contributed by atoms with van der Waals surface area (Å²) in [6, 6.07) is 2.16. The molecule has 0 aliphatic heterocycles. The number of carbonyl (C=O) groups excluding carboxylic acids is 1. The highest BCUT2D eigenvalue weighted by Crippen LogP contribution is 2.31. The molecule has 4 heteroatoms. The summed E-state index contributed by atoms with van der Waals surface area (Å²) in [6.07, 6.45) is 1.96. The van der Waals surface area contributed by atoms with Crippen molar-refractivity contribution in [2.75, 3.05) is 13.6 Å². The molecule has 1 saturated carbocycles. The van der Waals surface area contributed by atoms with E-state index in [4.69, 9.17) is 0 Å². The highest BCUT2D eigenvalue weighted by atomic mass is 79.9. The highest BCUT2D eigenvalue weighted by molar-refractivity contribution is 9.10. The molecular weight excluding hydrogens is 322 g/mol. The summed E-state index contributed by atoms with van der Waals surface area (Å²) >= 11 is 5.25. The SMILES string of the molecule is CC1CC(=O)C(CN(C)Cc2cc(Br)cs2)C(C)C1. The molecule has 1 fully saturated rings. The van der Waals surface area contributed by atoms with E-state index in [-0.39, 0.29) is 5.92 Å².